The number of piperidine rings is 1. The lowest BCUT2D eigenvalue weighted by Gasteiger charge is -2.30. The molecule has 0 unspecified atom stereocenters. The van der Waals surface area contributed by atoms with Gasteiger partial charge < -0.3 is 9.64 Å². The first-order valence-electron chi connectivity index (χ1n) is 8.36. The summed E-state index contributed by atoms with van der Waals surface area (Å²) >= 11 is 0. The predicted octanol–water partition coefficient (Wildman–Crippen LogP) is 4.08. The summed E-state index contributed by atoms with van der Waals surface area (Å²) in [6.07, 6.45) is 1.32. The fraction of sp³-hybridized carbons (Fsp3) is 0.263. The number of rotatable bonds is 2. The molecule has 0 radical (unpaired) electrons. The number of fused-ring (bicyclic) bond motifs is 1. The topological polar surface area (TPSA) is 58.2 Å². The lowest BCUT2D eigenvalue weighted by molar-refractivity contribution is 0.138. The quantitative estimate of drug-likeness (QED) is 0.765. The van der Waals surface area contributed by atoms with Gasteiger partial charge in [0.05, 0.1) is 5.52 Å². The Morgan fingerprint density at radius 3 is 2.68 bits per heavy atom. The molecule has 0 spiro atoms. The highest BCUT2D eigenvalue weighted by atomic mass is 19.1. The monoisotopic (exact) mass is 339 g/mol. The number of ether oxygens (including phenoxy) is 1. The van der Waals surface area contributed by atoms with Gasteiger partial charge in [0, 0.05) is 36.2 Å². The summed E-state index contributed by atoms with van der Waals surface area (Å²) in [4.78, 5) is 14.0. The number of carbonyl (C=O) groups excluding carboxylic acids is 1. The standard InChI is InChI=1S/C19H18FN3O2/c20-14-6-7-16-17(12-14)21-22-18(16)13-8-10-23(11-9-13)19(24)25-15-4-2-1-3-5-15/h1-7,12-13H,8-11H2,(H,21,22). The normalized spacial score (nSPS) is 15.5. The number of carbonyl (C=O) groups is 1. The largest absolute Gasteiger partial charge is 0.415 e. The second-order valence-electron chi connectivity index (χ2n) is 6.24. The molecule has 0 atom stereocenters. The van der Waals surface area contributed by atoms with E-state index in [0.717, 1.165) is 23.9 Å². The van der Waals surface area contributed by atoms with E-state index < -0.39 is 0 Å². The van der Waals surface area contributed by atoms with E-state index in [9.17, 15) is 9.18 Å². The van der Waals surface area contributed by atoms with E-state index >= 15 is 0 Å². The van der Waals surface area contributed by atoms with Crippen LogP contribution in [0.1, 0.15) is 24.5 Å². The van der Waals surface area contributed by atoms with Gasteiger partial charge in [0.1, 0.15) is 11.6 Å². The number of aromatic nitrogens is 2. The van der Waals surface area contributed by atoms with Crippen LogP contribution in [0.3, 0.4) is 0 Å². The van der Waals surface area contributed by atoms with Gasteiger partial charge in [-0.25, -0.2) is 9.18 Å². The molecule has 3 aromatic rings. The summed E-state index contributed by atoms with van der Waals surface area (Å²) in [5.74, 6) is 0.538. The minimum atomic E-state index is -0.318. The number of aromatic amines is 1. The van der Waals surface area contributed by atoms with Crippen molar-refractivity contribution in [2.24, 2.45) is 0 Å². The first kappa shape index (κ1) is 15.6. The van der Waals surface area contributed by atoms with Crippen LogP contribution in [0.4, 0.5) is 9.18 Å². The Morgan fingerprint density at radius 2 is 1.92 bits per heavy atom. The number of hydrogen-bond acceptors (Lipinski definition) is 3. The van der Waals surface area contributed by atoms with Gasteiger partial charge in [-0.3, -0.25) is 5.10 Å². The maximum Gasteiger partial charge on any atom is 0.415 e. The number of hydrogen-bond donors (Lipinski definition) is 1. The highest BCUT2D eigenvalue weighted by Gasteiger charge is 2.27. The average Bonchev–Trinajstić information content (AvgIpc) is 3.05. The maximum absolute atomic E-state index is 13.3. The van der Waals surface area contributed by atoms with E-state index in [-0.39, 0.29) is 17.8 Å². The van der Waals surface area contributed by atoms with Crippen molar-refractivity contribution in [3.05, 3.63) is 60.0 Å². The molecule has 2 aromatic carbocycles. The van der Waals surface area contributed by atoms with Crippen molar-refractivity contribution in [2.45, 2.75) is 18.8 Å². The van der Waals surface area contributed by atoms with Crippen LogP contribution < -0.4 is 4.74 Å². The van der Waals surface area contributed by atoms with Gasteiger partial charge in [-0.15, -0.1) is 0 Å². The number of nitrogens with one attached hydrogen (secondary N) is 1. The molecule has 1 fully saturated rings. The molecule has 128 valence electrons. The van der Waals surface area contributed by atoms with Crippen molar-refractivity contribution >= 4 is 17.0 Å². The molecule has 1 aliphatic heterocycles. The van der Waals surface area contributed by atoms with E-state index in [1.54, 1.807) is 23.1 Å². The van der Waals surface area contributed by atoms with E-state index in [4.69, 9.17) is 4.74 Å². The van der Waals surface area contributed by atoms with Crippen molar-refractivity contribution in [3.8, 4) is 5.75 Å². The van der Waals surface area contributed by atoms with Gasteiger partial charge in [0.15, 0.2) is 0 Å². The van der Waals surface area contributed by atoms with Crippen LogP contribution in [-0.2, 0) is 0 Å². The summed E-state index contributed by atoms with van der Waals surface area (Å²) in [6.45, 7) is 1.25. The first-order valence-corrected chi connectivity index (χ1v) is 8.36. The molecular weight excluding hydrogens is 321 g/mol. The third kappa shape index (κ3) is 3.20. The molecule has 1 amide bonds. The fourth-order valence-corrected chi connectivity index (χ4v) is 3.32. The van der Waals surface area contributed by atoms with Gasteiger partial charge in [-0.05, 0) is 37.1 Å². The molecule has 1 aliphatic rings. The second-order valence-corrected chi connectivity index (χ2v) is 6.24. The molecule has 0 aliphatic carbocycles. The summed E-state index contributed by atoms with van der Waals surface area (Å²) < 4.78 is 18.7. The second kappa shape index (κ2) is 6.55. The fourth-order valence-electron chi connectivity index (χ4n) is 3.32. The molecular formula is C19H18FN3O2. The molecule has 6 heteroatoms. The van der Waals surface area contributed by atoms with Crippen molar-refractivity contribution in [2.75, 3.05) is 13.1 Å². The van der Waals surface area contributed by atoms with Gasteiger partial charge >= 0.3 is 6.09 Å². The van der Waals surface area contributed by atoms with Crippen molar-refractivity contribution < 1.29 is 13.9 Å². The van der Waals surface area contributed by atoms with Gasteiger partial charge in [0.25, 0.3) is 0 Å². The number of nitrogens with zero attached hydrogens (tertiary/aromatic N) is 2. The number of amides is 1. The number of likely N-dealkylation sites (tertiary alicyclic amines) is 1. The van der Waals surface area contributed by atoms with Gasteiger partial charge in [-0.2, -0.15) is 5.10 Å². The molecule has 1 aromatic heterocycles. The predicted molar refractivity (Wildman–Crippen MR) is 92.1 cm³/mol. The van der Waals surface area contributed by atoms with E-state index in [2.05, 4.69) is 10.2 Å². The van der Waals surface area contributed by atoms with Crippen LogP contribution in [0, 0.1) is 5.82 Å². The Labute approximate surface area is 144 Å². The van der Waals surface area contributed by atoms with Crippen LogP contribution in [0.15, 0.2) is 48.5 Å². The number of benzene rings is 2. The van der Waals surface area contributed by atoms with Crippen LogP contribution in [0.2, 0.25) is 0 Å². The summed E-state index contributed by atoms with van der Waals surface area (Å²) in [6, 6.07) is 13.7. The Kier molecular flexibility index (Phi) is 4.09. The van der Waals surface area contributed by atoms with Crippen molar-refractivity contribution in [1.29, 1.82) is 0 Å². The zero-order chi connectivity index (χ0) is 17.2. The maximum atomic E-state index is 13.3. The first-order chi connectivity index (χ1) is 12.2. The summed E-state index contributed by atoms with van der Waals surface area (Å²) in [7, 11) is 0. The van der Waals surface area contributed by atoms with E-state index in [0.29, 0.717) is 24.4 Å². The SMILES string of the molecule is O=C(Oc1ccccc1)N1CCC(c2[nH]nc3cc(F)ccc23)CC1. The highest BCUT2D eigenvalue weighted by Crippen LogP contribution is 2.32. The lowest BCUT2D eigenvalue weighted by atomic mass is 9.92. The third-order valence-electron chi connectivity index (χ3n) is 4.66. The zero-order valence-corrected chi connectivity index (χ0v) is 13.6. The molecule has 1 saturated heterocycles. The van der Waals surface area contributed by atoms with E-state index in [1.165, 1.54) is 12.1 Å². The van der Waals surface area contributed by atoms with Crippen LogP contribution in [0.5, 0.6) is 5.75 Å². The Bertz CT molecular complexity index is 886. The molecule has 4 rings (SSSR count). The molecule has 0 bridgehead atoms. The minimum absolute atomic E-state index is 0.274. The Balaban J connectivity index is 1.41. The van der Waals surface area contributed by atoms with Crippen LogP contribution in [0.25, 0.3) is 10.9 Å². The van der Waals surface area contributed by atoms with Crippen LogP contribution in [-0.4, -0.2) is 34.3 Å². The minimum Gasteiger partial charge on any atom is -0.410 e. The Hall–Kier alpha value is -2.89. The highest BCUT2D eigenvalue weighted by molar-refractivity contribution is 5.81. The Morgan fingerprint density at radius 1 is 1.16 bits per heavy atom. The molecule has 0 saturated carbocycles. The smallest absolute Gasteiger partial charge is 0.410 e. The molecule has 25 heavy (non-hydrogen) atoms. The number of H-pyrrole nitrogens is 1. The number of para-hydroxylation sites is 1. The van der Waals surface area contributed by atoms with E-state index in [1.807, 2.05) is 18.2 Å². The lowest BCUT2D eigenvalue weighted by Crippen LogP contribution is -2.39. The average molecular weight is 339 g/mol. The molecule has 1 N–H and O–H groups in total. The van der Waals surface area contributed by atoms with Crippen molar-refractivity contribution in [3.63, 3.8) is 0 Å². The van der Waals surface area contributed by atoms with Gasteiger partial charge in [0.2, 0.25) is 0 Å². The van der Waals surface area contributed by atoms with Crippen LogP contribution >= 0.6 is 0 Å². The van der Waals surface area contributed by atoms with Crippen molar-refractivity contribution in [1.82, 2.24) is 15.1 Å². The van der Waals surface area contributed by atoms with Gasteiger partial charge in [-0.1, -0.05) is 18.2 Å². The summed E-state index contributed by atoms with van der Waals surface area (Å²) in [5.41, 5.74) is 1.66. The zero-order valence-electron chi connectivity index (χ0n) is 13.6. The third-order valence-corrected chi connectivity index (χ3v) is 4.66. The number of halogens is 1. The molecule has 2 heterocycles. The molecule has 5 nitrogen and oxygen atoms in total. The summed E-state index contributed by atoms with van der Waals surface area (Å²) in [5, 5.41) is 8.19.